The largest absolute Gasteiger partial charge is 0.465 e. The Balaban J connectivity index is 1.98. The Kier molecular flexibility index (Phi) is 7.74. The molecule has 0 saturated heterocycles. The highest BCUT2D eigenvalue weighted by Crippen LogP contribution is 2.46. The van der Waals surface area contributed by atoms with E-state index in [9.17, 15) is 14.4 Å². The van der Waals surface area contributed by atoms with Crippen LogP contribution in [0.4, 0.5) is 0 Å². The van der Waals surface area contributed by atoms with E-state index in [0.717, 1.165) is 17.7 Å². The van der Waals surface area contributed by atoms with Crippen molar-refractivity contribution in [3.63, 3.8) is 0 Å². The number of Topliss-reactive ketones (excluding diaryl/α,β-unsaturated/α-hetero) is 1. The lowest BCUT2D eigenvalue weighted by Gasteiger charge is -2.39. The van der Waals surface area contributed by atoms with E-state index in [2.05, 4.69) is 19.2 Å². The number of allylic oxidation sites excluding steroid dienone is 3. The van der Waals surface area contributed by atoms with Crippen molar-refractivity contribution in [2.75, 3.05) is 26.9 Å². The molecule has 33 heavy (non-hydrogen) atoms. The van der Waals surface area contributed by atoms with Crippen LogP contribution in [0.25, 0.3) is 0 Å². The molecule has 1 aliphatic carbocycles. The van der Waals surface area contributed by atoms with Crippen molar-refractivity contribution in [3.8, 4) is 0 Å². The molecule has 0 aromatic heterocycles. The van der Waals surface area contributed by atoms with Crippen molar-refractivity contribution in [1.82, 2.24) is 5.32 Å². The summed E-state index contributed by atoms with van der Waals surface area (Å²) in [5.74, 6) is -1.48. The van der Waals surface area contributed by atoms with E-state index >= 15 is 0 Å². The first-order valence-corrected chi connectivity index (χ1v) is 11.4. The second-order valence-corrected chi connectivity index (χ2v) is 9.29. The fraction of sp³-hybridized carbons (Fsp3) is 0.500. The van der Waals surface area contributed by atoms with Gasteiger partial charge in [0.25, 0.3) is 0 Å². The molecule has 1 heterocycles. The summed E-state index contributed by atoms with van der Waals surface area (Å²) in [5, 5.41) is 3.32. The van der Waals surface area contributed by atoms with Crippen molar-refractivity contribution in [3.05, 3.63) is 57.9 Å². The Morgan fingerprint density at radius 3 is 2.39 bits per heavy atom. The molecule has 3 rings (SSSR count). The number of ether oxygens (including phenoxy) is 3. The summed E-state index contributed by atoms with van der Waals surface area (Å²) in [7, 11) is 1.33. The van der Waals surface area contributed by atoms with Crippen LogP contribution < -0.4 is 5.32 Å². The third kappa shape index (κ3) is 5.53. The number of methoxy groups -OCH3 is 1. The van der Waals surface area contributed by atoms with Crippen LogP contribution in [0.3, 0.4) is 0 Å². The van der Waals surface area contributed by atoms with Crippen LogP contribution in [0.2, 0.25) is 0 Å². The van der Waals surface area contributed by atoms with Crippen LogP contribution in [0.15, 0.2) is 46.8 Å². The van der Waals surface area contributed by atoms with E-state index in [1.165, 1.54) is 7.11 Å². The molecule has 1 aromatic carbocycles. The van der Waals surface area contributed by atoms with Gasteiger partial charge in [0.05, 0.1) is 24.9 Å². The van der Waals surface area contributed by atoms with Gasteiger partial charge in [-0.2, -0.15) is 0 Å². The highest BCUT2D eigenvalue weighted by atomic mass is 16.6. The number of hydrogen-bond donors (Lipinski definition) is 1. The number of hydrogen-bond acceptors (Lipinski definition) is 7. The minimum atomic E-state index is -0.569. The fourth-order valence-corrected chi connectivity index (χ4v) is 4.49. The number of esters is 2. The van der Waals surface area contributed by atoms with Crippen LogP contribution >= 0.6 is 0 Å². The molecule has 0 spiro atoms. The normalized spacial score (nSPS) is 19.7. The van der Waals surface area contributed by atoms with Crippen LogP contribution in [0.1, 0.15) is 68.8 Å². The summed E-state index contributed by atoms with van der Waals surface area (Å²) < 4.78 is 15.7. The van der Waals surface area contributed by atoms with Gasteiger partial charge in [-0.25, -0.2) is 9.59 Å². The topological polar surface area (TPSA) is 90.9 Å². The second kappa shape index (κ2) is 10.3. The van der Waals surface area contributed by atoms with Crippen LogP contribution in [0.5, 0.6) is 0 Å². The van der Waals surface area contributed by atoms with Gasteiger partial charge in [0.15, 0.2) is 5.78 Å². The van der Waals surface area contributed by atoms with E-state index in [1.807, 2.05) is 13.8 Å². The number of dihydropyridines is 1. The van der Waals surface area contributed by atoms with Gasteiger partial charge in [-0.1, -0.05) is 32.9 Å². The molecule has 1 aliphatic heterocycles. The molecule has 1 atom stereocenters. The zero-order chi connectivity index (χ0) is 24.2. The SMILES string of the molecule is CCCOCCOC(=O)C1=C(C)NC2=C(C(=O)CC(C)(C)C2)[C@@H]1c1ccc(C(=O)OC)cc1. The van der Waals surface area contributed by atoms with Crippen molar-refractivity contribution >= 4 is 17.7 Å². The van der Waals surface area contributed by atoms with Crippen molar-refractivity contribution in [1.29, 1.82) is 0 Å². The molecule has 0 bridgehead atoms. The molecule has 7 nitrogen and oxygen atoms in total. The standard InChI is InChI=1S/C26H33NO6/c1-6-11-32-12-13-33-25(30)21-16(2)27-19-14-26(3,4)15-20(28)23(19)22(21)17-7-9-18(10-8-17)24(29)31-5/h7-10,22,27H,6,11-15H2,1-5H3/t22-/m1/s1. The lowest BCUT2D eigenvalue weighted by Crippen LogP contribution is -2.38. The summed E-state index contributed by atoms with van der Waals surface area (Å²) in [4.78, 5) is 38.3. The van der Waals surface area contributed by atoms with Crippen LogP contribution in [0, 0.1) is 5.41 Å². The molecule has 7 heteroatoms. The van der Waals surface area contributed by atoms with Crippen molar-refractivity contribution in [2.24, 2.45) is 5.41 Å². The van der Waals surface area contributed by atoms with Gasteiger partial charge in [0.1, 0.15) is 6.61 Å². The smallest absolute Gasteiger partial charge is 0.337 e. The maximum Gasteiger partial charge on any atom is 0.337 e. The maximum absolute atomic E-state index is 13.3. The Morgan fingerprint density at radius 1 is 1.06 bits per heavy atom. The van der Waals surface area contributed by atoms with Gasteiger partial charge in [-0.3, -0.25) is 4.79 Å². The Morgan fingerprint density at radius 2 is 1.76 bits per heavy atom. The quantitative estimate of drug-likeness (QED) is 0.467. The monoisotopic (exact) mass is 455 g/mol. The molecule has 1 N–H and O–H groups in total. The number of carbonyl (C=O) groups is 3. The second-order valence-electron chi connectivity index (χ2n) is 9.29. The Labute approximate surface area is 195 Å². The first-order chi connectivity index (χ1) is 15.7. The molecular formula is C26H33NO6. The Hall–Kier alpha value is -2.93. The van der Waals surface area contributed by atoms with E-state index in [0.29, 0.717) is 48.5 Å². The summed E-state index contributed by atoms with van der Waals surface area (Å²) >= 11 is 0. The molecule has 2 aliphatic rings. The highest BCUT2D eigenvalue weighted by Gasteiger charge is 2.43. The number of benzene rings is 1. The van der Waals surface area contributed by atoms with Crippen molar-refractivity contribution < 1.29 is 28.6 Å². The molecular weight excluding hydrogens is 422 g/mol. The zero-order valence-corrected chi connectivity index (χ0v) is 20.1. The van der Waals surface area contributed by atoms with E-state index in [1.54, 1.807) is 24.3 Å². The minimum absolute atomic E-state index is 0.0138. The summed E-state index contributed by atoms with van der Waals surface area (Å²) in [5.41, 5.74) is 3.50. The lowest BCUT2D eigenvalue weighted by molar-refractivity contribution is -0.141. The average molecular weight is 456 g/mol. The minimum Gasteiger partial charge on any atom is -0.465 e. The number of ketones is 1. The zero-order valence-electron chi connectivity index (χ0n) is 20.1. The van der Waals surface area contributed by atoms with Gasteiger partial charge in [-0.05, 0) is 42.9 Å². The fourth-order valence-electron chi connectivity index (χ4n) is 4.49. The highest BCUT2D eigenvalue weighted by molar-refractivity contribution is 6.04. The van der Waals surface area contributed by atoms with Gasteiger partial charge < -0.3 is 19.5 Å². The number of carbonyl (C=O) groups excluding carboxylic acids is 3. The van der Waals surface area contributed by atoms with Gasteiger partial charge in [0.2, 0.25) is 0 Å². The predicted octanol–water partition coefficient (Wildman–Crippen LogP) is 4.05. The first kappa shape index (κ1) is 24.7. The molecule has 1 aromatic rings. The molecule has 0 fully saturated rings. The van der Waals surface area contributed by atoms with E-state index < -0.39 is 17.9 Å². The molecule has 0 amide bonds. The average Bonchev–Trinajstić information content (AvgIpc) is 2.76. The first-order valence-electron chi connectivity index (χ1n) is 11.4. The third-order valence-electron chi connectivity index (χ3n) is 5.93. The van der Waals surface area contributed by atoms with Crippen molar-refractivity contribution in [2.45, 2.75) is 52.9 Å². The van der Waals surface area contributed by atoms with Gasteiger partial charge in [-0.15, -0.1) is 0 Å². The van der Waals surface area contributed by atoms with Gasteiger partial charge >= 0.3 is 11.9 Å². The number of nitrogens with one attached hydrogen (secondary N) is 1. The Bertz CT molecular complexity index is 987. The summed E-state index contributed by atoms with van der Waals surface area (Å²) in [6, 6.07) is 6.84. The molecule has 0 saturated carbocycles. The van der Waals surface area contributed by atoms with E-state index in [-0.39, 0.29) is 17.8 Å². The van der Waals surface area contributed by atoms with Crippen LogP contribution in [-0.4, -0.2) is 44.7 Å². The maximum atomic E-state index is 13.3. The summed E-state index contributed by atoms with van der Waals surface area (Å²) in [6.45, 7) is 9.03. The van der Waals surface area contributed by atoms with Crippen LogP contribution in [-0.2, 0) is 23.8 Å². The third-order valence-corrected chi connectivity index (χ3v) is 5.93. The molecule has 0 unspecified atom stereocenters. The van der Waals surface area contributed by atoms with Gasteiger partial charge in [0, 0.05) is 35.9 Å². The van der Waals surface area contributed by atoms with E-state index in [4.69, 9.17) is 14.2 Å². The molecule has 0 radical (unpaired) electrons. The molecule has 178 valence electrons. The predicted molar refractivity (Wildman–Crippen MR) is 123 cm³/mol. The number of rotatable bonds is 8. The lowest BCUT2D eigenvalue weighted by atomic mass is 9.68. The summed E-state index contributed by atoms with van der Waals surface area (Å²) in [6.07, 6.45) is 1.99.